The number of aromatic amines is 1. The normalized spacial score (nSPS) is 11.7. The van der Waals surface area contributed by atoms with Crippen LogP contribution in [0.4, 0.5) is 0 Å². The lowest BCUT2D eigenvalue weighted by atomic mass is 10.3. The van der Waals surface area contributed by atoms with E-state index >= 15 is 0 Å². The van der Waals surface area contributed by atoms with Crippen molar-refractivity contribution >= 4 is 27.2 Å². The van der Waals surface area contributed by atoms with Crippen molar-refractivity contribution in [3.05, 3.63) is 42.5 Å². The van der Waals surface area contributed by atoms with E-state index in [0.29, 0.717) is 6.42 Å². The first-order valence-electron chi connectivity index (χ1n) is 6.16. The average Bonchev–Trinajstić information content (AvgIpc) is 2.99. The van der Waals surface area contributed by atoms with Gasteiger partial charge in [-0.15, -0.1) is 0 Å². The molecule has 0 unspecified atom stereocenters. The first kappa shape index (κ1) is 15.5. The molecule has 0 amide bonds. The summed E-state index contributed by atoms with van der Waals surface area (Å²) in [6, 6.07) is 3.57. The van der Waals surface area contributed by atoms with E-state index in [9.17, 15) is 8.42 Å². The number of sulfonamides is 1. The molecule has 0 spiro atoms. The van der Waals surface area contributed by atoms with Crippen LogP contribution in [-0.4, -0.2) is 39.4 Å². The largest absolute Gasteiger partial charge is 0.393 e. The van der Waals surface area contributed by atoms with Gasteiger partial charge in [0, 0.05) is 38.1 Å². The predicted octanol–water partition coefficient (Wildman–Crippen LogP) is 0.672. The third-order valence-electron chi connectivity index (χ3n) is 2.80. The van der Waals surface area contributed by atoms with E-state index in [4.69, 9.17) is 18.0 Å². The number of thiocarbonyl (C=S) groups is 1. The molecule has 0 saturated carbocycles. The number of aromatic nitrogens is 3. The van der Waals surface area contributed by atoms with Crippen LogP contribution in [0.25, 0.3) is 0 Å². The summed E-state index contributed by atoms with van der Waals surface area (Å²) in [7, 11) is -3.65. The molecule has 0 aliphatic rings. The summed E-state index contributed by atoms with van der Waals surface area (Å²) in [5, 5.41) is 6.18. The number of hydrogen-bond donors (Lipinski definition) is 2. The summed E-state index contributed by atoms with van der Waals surface area (Å²) < 4.78 is 26.5. The molecular formula is C12H15N5O2S2. The number of rotatable bonds is 7. The minimum atomic E-state index is -3.65. The summed E-state index contributed by atoms with van der Waals surface area (Å²) in [4.78, 5) is 4.36. The van der Waals surface area contributed by atoms with E-state index in [1.807, 2.05) is 6.07 Å². The van der Waals surface area contributed by atoms with Crippen LogP contribution in [0.3, 0.4) is 0 Å². The van der Waals surface area contributed by atoms with Crippen molar-refractivity contribution < 1.29 is 8.42 Å². The molecule has 0 radical (unpaired) electrons. The third kappa shape index (κ3) is 4.06. The number of nitrogens with zero attached hydrogens (tertiary/aromatic N) is 3. The molecular weight excluding hydrogens is 310 g/mol. The highest BCUT2D eigenvalue weighted by atomic mass is 32.2. The van der Waals surface area contributed by atoms with Crippen LogP contribution in [0.1, 0.15) is 12.0 Å². The quantitative estimate of drug-likeness (QED) is 0.725. The molecule has 0 fully saturated rings. The highest BCUT2D eigenvalue weighted by molar-refractivity contribution is 7.89. The minimum Gasteiger partial charge on any atom is -0.393 e. The molecule has 9 heteroatoms. The van der Waals surface area contributed by atoms with Gasteiger partial charge in [-0.1, -0.05) is 18.3 Å². The van der Waals surface area contributed by atoms with Crippen molar-refractivity contribution in [3.63, 3.8) is 0 Å². The Kier molecular flexibility index (Phi) is 4.99. The SMILES string of the molecule is NC(=S)CCN(Cc1cccnc1)S(=O)(=O)c1cn[nH]c1. The summed E-state index contributed by atoms with van der Waals surface area (Å²) in [6.07, 6.45) is 6.18. The highest BCUT2D eigenvalue weighted by Crippen LogP contribution is 2.17. The van der Waals surface area contributed by atoms with Crippen molar-refractivity contribution in [2.24, 2.45) is 5.73 Å². The second-order valence-corrected chi connectivity index (χ2v) is 6.81. The number of nitrogens with one attached hydrogen (secondary N) is 1. The molecule has 0 aliphatic heterocycles. The molecule has 2 heterocycles. The second kappa shape index (κ2) is 6.74. The van der Waals surface area contributed by atoms with E-state index in [1.165, 1.54) is 16.7 Å². The van der Waals surface area contributed by atoms with Crippen LogP contribution in [0.5, 0.6) is 0 Å². The lowest BCUT2D eigenvalue weighted by molar-refractivity contribution is 0.415. The van der Waals surface area contributed by atoms with Gasteiger partial charge in [-0.05, 0) is 11.6 Å². The standard InChI is InChI=1S/C12H15N5O2S2/c13-12(20)3-5-17(9-10-2-1-4-14-6-10)21(18,19)11-7-15-16-8-11/h1-2,4,6-8H,3,5,9H2,(H2,13,20)(H,15,16). The Hall–Kier alpha value is -1.84. The number of pyridine rings is 1. The van der Waals surface area contributed by atoms with Crippen LogP contribution in [0.15, 0.2) is 41.8 Å². The Morgan fingerprint density at radius 2 is 2.24 bits per heavy atom. The third-order valence-corrected chi connectivity index (χ3v) is 4.81. The maximum Gasteiger partial charge on any atom is 0.246 e. The van der Waals surface area contributed by atoms with Crippen LogP contribution in [0.2, 0.25) is 0 Å². The Morgan fingerprint density at radius 3 is 2.81 bits per heavy atom. The number of H-pyrrole nitrogens is 1. The maximum atomic E-state index is 12.6. The van der Waals surface area contributed by atoms with Gasteiger partial charge in [-0.2, -0.15) is 9.40 Å². The number of hydrogen-bond acceptors (Lipinski definition) is 5. The van der Waals surface area contributed by atoms with Gasteiger partial charge in [0.1, 0.15) is 4.90 Å². The molecule has 21 heavy (non-hydrogen) atoms. The Labute approximate surface area is 128 Å². The lowest BCUT2D eigenvalue weighted by Gasteiger charge is -2.21. The van der Waals surface area contributed by atoms with Gasteiger partial charge in [-0.25, -0.2) is 8.42 Å². The molecule has 2 aromatic rings. The first-order chi connectivity index (χ1) is 10.00. The van der Waals surface area contributed by atoms with Gasteiger partial charge < -0.3 is 5.73 Å². The Morgan fingerprint density at radius 1 is 1.43 bits per heavy atom. The maximum absolute atomic E-state index is 12.6. The predicted molar refractivity (Wildman–Crippen MR) is 81.8 cm³/mol. The van der Waals surface area contributed by atoms with Crippen LogP contribution < -0.4 is 5.73 Å². The van der Waals surface area contributed by atoms with E-state index in [1.54, 1.807) is 18.5 Å². The summed E-state index contributed by atoms with van der Waals surface area (Å²) in [5.41, 5.74) is 6.26. The molecule has 0 saturated heterocycles. The molecule has 3 N–H and O–H groups in total. The van der Waals surface area contributed by atoms with Crippen molar-refractivity contribution in [1.29, 1.82) is 0 Å². The fourth-order valence-corrected chi connectivity index (χ4v) is 3.17. The lowest BCUT2D eigenvalue weighted by Crippen LogP contribution is -2.33. The van der Waals surface area contributed by atoms with E-state index < -0.39 is 10.0 Å². The van der Waals surface area contributed by atoms with E-state index in [0.717, 1.165) is 5.56 Å². The van der Waals surface area contributed by atoms with Gasteiger partial charge in [-0.3, -0.25) is 10.1 Å². The van der Waals surface area contributed by atoms with Crippen LogP contribution in [0, 0.1) is 0 Å². The smallest absolute Gasteiger partial charge is 0.246 e. The highest BCUT2D eigenvalue weighted by Gasteiger charge is 2.25. The zero-order chi connectivity index (χ0) is 15.3. The molecule has 0 bridgehead atoms. The van der Waals surface area contributed by atoms with Gasteiger partial charge in [0.15, 0.2) is 0 Å². The zero-order valence-electron chi connectivity index (χ0n) is 11.1. The Bertz CT molecular complexity index is 686. The van der Waals surface area contributed by atoms with Gasteiger partial charge in [0.2, 0.25) is 10.0 Å². The van der Waals surface area contributed by atoms with Crippen molar-refractivity contribution in [3.8, 4) is 0 Å². The molecule has 0 atom stereocenters. The molecule has 0 aliphatic carbocycles. The van der Waals surface area contributed by atoms with Gasteiger partial charge >= 0.3 is 0 Å². The zero-order valence-corrected chi connectivity index (χ0v) is 12.8. The van der Waals surface area contributed by atoms with E-state index in [2.05, 4.69) is 15.2 Å². The summed E-state index contributed by atoms with van der Waals surface area (Å²) in [5.74, 6) is 0. The molecule has 7 nitrogen and oxygen atoms in total. The summed E-state index contributed by atoms with van der Waals surface area (Å²) >= 11 is 4.83. The van der Waals surface area contributed by atoms with Gasteiger partial charge in [0.05, 0.1) is 11.2 Å². The molecule has 112 valence electrons. The summed E-state index contributed by atoms with van der Waals surface area (Å²) in [6.45, 7) is 0.404. The van der Waals surface area contributed by atoms with Crippen molar-refractivity contribution in [2.45, 2.75) is 17.9 Å². The number of nitrogens with two attached hydrogens (primary N) is 1. The van der Waals surface area contributed by atoms with Crippen molar-refractivity contribution in [1.82, 2.24) is 19.5 Å². The Balaban J connectivity index is 2.25. The van der Waals surface area contributed by atoms with E-state index in [-0.39, 0.29) is 23.0 Å². The fourth-order valence-electron chi connectivity index (χ4n) is 1.74. The minimum absolute atomic E-state index is 0.106. The van der Waals surface area contributed by atoms with Crippen LogP contribution in [-0.2, 0) is 16.6 Å². The van der Waals surface area contributed by atoms with Crippen molar-refractivity contribution in [2.75, 3.05) is 6.54 Å². The fraction of sp³-hybridized carbons (Fsp3) is 0.250. The monoisotopic (exact) mass is 325 g/mol. The van der Waals surface area contributed by atoms with Gasteiger partial charge in [0.25, 0.3) is 0 Å². The molecule has 2 rings (SSSR count). The topological polar surface area (TPSA) is 105 Å². The average molecular weight is 325 g/mol. The second-order valence-electron chi connectivity index (χ2n) is 4.35. The molecule has 0 aromatic carbocycles. The molecule has 2 aromatic heterocycles. The van der Waals surface area contributed by atoms with Crippen LogP contribution >= 0.6 is 12.2 Å². The first-order valence-corrected chi connectivity index (χ1v) is 8.01.